The maximum atomic E-state index is 12.8. The van der Waals surface area contributed by atoms with E-state index in [2.05, 4.69) is 17.4 Å². The molecule has 0 aromatic carbocycles. The molecule has 0 saturated carbocycles. The second kappa shape index (κ2) is 11.1. The number of pyridine rings is 1. The molecular weight excluding hydrogens is 408 g/mol. The van der Waals surface area contributed by atoms with E-state index in [1.54, 1.807) is 7.11 Å². The van der Waals surface area contributed by atoms with E-state index < -0.39 is 0 Å². The highest BCUT2D eigenvalue weighted by Crippen LogP contribution is 2.26. The number of methoxy groups -OCH3 is 1. The van der Waals surface area contributed by atoms with E-state index in [1.807, 2.05) is 9.80 Å². The van der Waals surface area contributed by atoms with Gasteiger partial charge in [0, 0.05) is 58.6 Å². The molecule has 2 saturated heterocycles. The van der Waals surface area contributed by atoms with Crippen LogP contribution in [0.5, 0.6) is 0 Å². The largest absolute Gasteiger partial charge is 0.465 e. The van der Waals surface area contributed by atoms with E-state index in [1.165, 1.54) is 12.0 Å². The lowest BCUT2D eigenvalue weighted by molar-refractivity contribution is -0.151. The maximum absolute atomic E-state index is 12.8. The minimum Gasteiger partial charge on any atom is -0.465 e. The molecule has 1 aromatic rings. The molecule has 4 heterocycles. The van der Waals surface area contributed by atoms with Gasteiger partial charge in [-0.2, -0.15) is 0 Å². The second-order valence-corrected chi connectivity index (χ2v) is 9.27. The number of nitrogens with one attached hydrogen (secondary N) is 1. The third-order valence-electron chi connectivity index (χ3n) is 6.79. The summed E-state index contributed by atoms with van der Waals surface area (Å²) in [5, 5.41) is 3.42. The Balaban J connectivity index is 1.14. The van der Waals surface area contributed by atoms with Gasteiger partial charge in [0.15, 0.2) is 0 Å². The molecule has 3 aliphatic heterocycles. The summed E-state index contributed by atoms with van der Waals surface area (Å²) in [7, 11) is 1.63. The van der Waals surface area contributed by atoms with Crippen LogP contribution >= 0.6 is 0 Å². The van der Waals surface area contributed by atoms with Crippen molar-refractivity contribution in [3.63, 3.8) is 0 Å². The minimum atomic E-state index is -0.223. The first-order valence-electron chi connectivity index (χ1n) is 12.0. The standard InChI is InChI=1S/C24H36N4O4/c1-31-12-3-13-32-22(29)17-27-15-20(16-27)24(30)28-10-7-18(8-11-28)14-21-6-5-19-4-2-9-25-23(19)26-21/h5-6,18,20H,2-4,7-17H2,1H3,(H,25,26). The number of aromatic nitrogens is 1. The molecule has 0 radical (unpaired) electrons. The van der Waals surface area contributed by atoms with Crippen LogP contribution in [0.25, 0.3) is 0 Å². The van der Waals surface area contributed by atoms with Gasteiger partial charge < -0.3 is 19.7 Å². The molecule has 1 amide bonds. The molecule has 0 aliphatic carbocycles. The minimum absolute atomic E-state index is 0.0150. The van der Waals surface area contributed by atoms with Crippen LogP contribution in [-0.2, 0) is 31.9 Å². The van der Waals surface area contributed by atoms with E-state index in [0.29, 0.717) is 38.6 Å². The van der Waals surface area contributed by atoms with Crippen LogP contribution in [0.2, 0.25) is 0 Å². The number of likely N-dealkylation sites (tertiary alicyclic amines) is 2. The zero-order chi connectivity index (χ0) is 22.3. The van der Waals surface area contributed by atoms with Gasteiger partial charge in [-0.3, -0.25) is 14.5 Å². The first kappa shape index (κ1) is 23.0. The van der Waals surface area contributed by atoms with Crippen molar-refractivity contribution in [1.82, 2.24) is 14.8 Å². The number of hydrogen-bond donors (Lipinski definition) is 1. The molecule has 1 aromatic heterocycles. The summed E-state index contributed by atoms with van der Waals surface area (Å²) in [6.45, 7) is 5.20. The summed E-state index contributed by atoms with van der Waals surface area (Å²) in [5.74, 6) is 1.68. The average molecular weight is 445 g/mol. The van der Waals surface area contributed by atoms with Crippen LogP contribution in [0, 0.1) is 11.8 Å². The lowest BCUT2D eigenvalue weighted by Gasteiger charge is -2.41. The Labute approximate surface area is 190 Å². The summed E-state index contributed by atoms with van der Waals surface area (Å²) in [4.78, 5) is 33.5. The molecule has 4 rings (SSSR count). The number of rotatable bonds is 9. The zero-order valence-electron chi connectivity index (χ0n) is 19.2. The van der Waals surface area contributed by atoms with E-state index >= 15 is 0 Å². The molecule has 8 heteroatoms. The lowest BCUT2D eigenvalue weighted by atomic mass is 9.90. The van der Waals surface area contributed by atoms with E-state index in [9.17, 15) is 9.59 Å². The number of nitrogens with zero attached hydrogens (tertiary/aromatic N) is 3. The quantitative estimate of drug-likeness (QED) is 0.459. The number of carbonyl (C=O) groups is 2. The molecular formula is C24H36N4O4. The Morgan fingerprint density at radius 2 is 2.00 bits per heavy atom. The Kier molecular flexibility index (Phi) is 7.97. The van der Waals surface area contributed by atoms with Crippen LogP contribution < -0.4 is 5.32 Å². The van der Waals surface area contributed by atoms with E-state index in [0.717, 1.165) is 56.8 Å². The predicted molar refractivity (Wildman–Crippen MR) is 121 cm³/mol. The summed E-state index contributed by atoms with van der Waals surface area (Å²) >= 11 is 0. The third-order valence-corrected chi connectivity index (χ3v) is 6.79. The Bertz CT molecular complexity index is 788. The fourth-order valence-electron chi connectivity index (χ4n) is 4.87. The van der Waals surface area contributed by atoms with E-state index in [-0.39, 0.29) is 24.3 Å². The van der Waals surface area contributed by atoms with Crippen LogP contribution in [0.1, 0.15) is 36.9 Å². The summed E-state index contributed by atoms with van der Waals surface area (Å²) in [6, 6.07) is 4.40. The van der Waals surface area contributed by atoms with Gasteiger partial charge in [-0.05, 0) is 49.7 Å². The topological polar surface area (TPSA) is 84.0 Å². The lowest BCUT2D eigenvalue weighted by Crippen LogP contribution is -2.56. The fourth-order valence-corrected chi connectivity index (χ4v) is 4.87. The van der Waals surface area contributed by atoms with Crippen molar-refractivity contribution < 1.29 is 19.1 Å². The number of anilines is 1. The second-order valence-electron chi connectivity index (χ2n) is 9.27. The Morgan fingerprint density at radius 3 is 2.78 bits per heavy atom. The van der Waals surface area contributed by atoms with E-state index in [4.69, 9.17) is 14.5 Å². The molecule has 0 unspecified atom stereocenters. The normalized spacial score (nSPS) is 19.7. The van der Waals surface area contributed by atoms with Gasteiger partial charge in [-0.15, -0.1) is 0 Å². The first-order valence-corrected chi connectivity index (χ1v) is 12.0. The van der Waals surface area contributed by atoms with Crippen LogP contribution in [0.3, 0.4) is 0 Å². The van der Waals surface area contributed by atoms with Gasteiger partial charge in [0.25, 0.3) is 0 Å². The molecule has 1 N–H and O–H groups in total. The highest BCUT2D eigenvalue weighted by atomic mass is 16.5. The summed E-state index contributed by atoms with van der Waals surface area (Å²) in [5.41, 5.74) is 2.49. The number of piperidine rings is 1. The van der Waals surface area contributed by atoms with Crippen LogP contribution in [0.4, 0.5) is 5.82 Å². The van der Waals surface area contributed by atoms with Gasteiger partial charge in [0.1, 0.15) is 5.82 Å². The van der Waals surface area contributed by atoms with Gasteiger partial charge in [0.05, 0.1) is 19.1 Å². The van der Waals surface area contributed by atoms with Crippen molar-refractivity contribution >= 4 is 17.7 Å². The number of esters is 1. The zero-order valence-corrected chi connectivity index (χ0v) is 19.2. The first-order chi connectivity index (χ1) is 15.6. The Hall–Kier alpha value is -2.19. The number of ether oxygens (including phenoxy) is 2. The number of fused-ring (bicyclic) bond motifs is 1. The van der Waals surface area contributed by atoms with Crippen molar-refractivity contribution in [2.75, 3.05) is 64.9 Å². The van der Waals surface area contributed by atoms with Gasteiger partial charge in [0.2, 0.25) is 5.91 Å². The third kappa shape index (κ3) is 5.98. The van der Waals surface area contributed by atoms with Gasteiger partial charge >= 0.3 is 5.97 Å². The number of amides is 1. The summed E-state index contributed by atoms with van der Waals surface area (Å²) in [6.07, 6.45) is 6.05. The van der Waals surface area contributed by atoms with Crippen LogP contribution in [-0.4, -0.2) is 86.3 Å². The van der Waals surface area contributed by atoms with Gasteiger partial charge in [-0.1, -0.05) is 6.07 Å². The monoisotopic (exact) mass is 444 g/mol. The number of carbonyl (C=O) groups excluding carboxylic acids is 2. The number of hydrogen-bond acceptors (Lipinski definition) is 7. The highest BCUT2D eigenvalue weighted by Gasteiger charge is 2.37. The van der Waals surface area contributed by atoms with Gasteiger partial charge in [-0.25, -0.2) is 4.98 Å². The van der Waals surface area contributed by atoms with Crippen molar-refractivity contribution in [2.45, 2.75) is 38.5 Å². The molecule has 3 aliphatic rings. The molecule has 2 fully saturated rings. The van der Waals surface area contributed by atoms with Crippen molar-refractivity contribution in [1.29, 1.82) is 0 Å². The van der Waals surface area contributed by atoms with Crippen LogP contribution in [0.15, 0.2) is 12.1 Å². The molecule has 8 nitrogen and oxygen atoms in total. The smallest absolute Gasteiger partial charge is 0.320 e. The van der Waals surface area contributed by atoms with Crippen molar-refractivity contribution in [3.8, 4) is 0 Å². The molecule has 32 heavy (non-hydrogen) atoms. The predicted octanol–water partition coefficient (Wildman–Crippen LogP) is 1.73. The molecule has 176 valence electrons. The molecule has 0 spiro atoms. The highest BCUT2D eigenvalue weighted by molar-refractivity contribution is 5.81. The van der Waals surface area contributed by atoms with Crippen molar-refractivity contribution in [2.24, 2.45) is 11.8 Å². The number of aryl methyl sites for hydroxylation is 1. The van der Waals surface area contributed by atoms with Crippen molar-refractivity contribution in [3.05, 3.63) is 23.4 Å². The molecule has 0 bridgehead atoms. The average Bonchev–Trinajstić information content (AvgIpc) is 2.79. The summed E-state index contributed by atoms with van der Waals surface area (Å²) < 4.78 is 10.1. The fraction of sp³-hybridized carbons (Fsp3) is 0.708. The Morgan fingerprint density at radius 1 is 1.19 bits per heavy atom. The molecule has 0 atom stereocenters. The SMILES string of the molecule is COCCCOC(=O)CN1CC(C(=O)N2CCC(Cc3ccc4c(n3)NCCC4)CC2)C1. The maximum Gasteiger partial charge on any atom is 0.320 e.